The van der Waals surface area contributed by atoms with Gasteiger partial charge in [0.05, 0.1) is 23.9 Å². The van der Waals surface area contributed by atoms with Crippen molar-refractivity contribution in [3.63, 3.8) is 0 Å². The second-order valence-corrected chi connectivity index (χ2v) is 5.15. The van der Waals surface area contributed by atoms with Crippen molar-refractivity contribution in [2.45, 2.75) is 58.4 Å². The lowest BCUT2D eigenvalue weighted by Crippen LogP contribution is -2.24. The van der Waals surface area contributed by atoms with Gasteiger partial charge in [0.1, 0.15) is 5.82 Å². The lowest BCUT2D eigenvalue weighted by molar-refractivity contribution is -0.0221. The van der Waals surface area contributed by atoms with E-state index in [2.05, 4.69) is 23.4 Å². The summed E-state index contributed by atoms with van der Waals surface area (Å²) in [5, 5.41) is 0. The van der Waals surface area contributed by atoms with Crippen molar-refractivity contribution in [2.24, 2.45) is 5.73 Å². The molecule has 1 aromatic heterocycles. The normalized spacial score (nSPS) is 23.9. The Morgan fingerprint density at radius 1 is 1.62 bits per heavy atom. The summed E-state index contributed by atoms with van der Waals surface area (Å²) in [7, 11) is 0. The molecular formula is C12H21N3O. The Hall–Kier alpha value is -0.870. The molecule has 1 unspecified atom stereocenters. The fourth-order valence-electron chi connectivity index (χ4n) is 2.34. The third-order valence-electron chi connectivity index (χ3n) is 3.29. The first-order valence-electron chi connectivity index (χ1n) is 5.91. The molecule has 4 nitrogen and oxygen atoms in total. The molecule has 4 heteroatoms. The summed E-state index contributed by atoms with van der Waals surface area (Å²) in [6.45, 7) is 7.73. The van der Waals surface area contributed by atoms with Crippen molar-refractivity contribution >= 4 is 0 Å². The van der Waals surface area contributed by atoms with Crippen molar-refractivity contribution in [2.75, 3.05) is 0 Å². The van der Waals surface area contributed by atoms with Crippen LogP contribution in [0.3, 0.4) is 0 Å². The number of ether oxygens (including phenoxy) is 1. The Labute approximate surface area is 96.8 Å². The van der Waals surface area contributed by atoms with Gasteiger partial charge in [0, 0.05) is 12.7 Å². The van der Waals surface area contributed by atoms with E-state index in [1.54, 1.807) is 0 Å². The summed E-state index contributed by atoms with van der Waals surface area (Å²) >= 11 is 0. The van der Waals surface area contributed by atoms with Crippen LogP contribution in [0, 0.1) is 6.92 Å². The molecule has 1 aromatic rings. The topological polar surface area (TPSA) is 53.1 Å². The van der Waals surface area contributed by atoms with Gasteiger partial charge in [-0.15, -0.1) is 0 Å². The van der Waals surface area contributed by atoms with Crippen LogP contribution in [0.1, 0.15) is 38.2 Å². The summed E-state index contributed by atoms with van der Waals surface area (Å²) in [6.07, 6.45) is 4.40. The van der Waals surface area contributed by atoms with Crippen LogP contribution in [-0.2, 0) is 17.8 Å². The van der Waals surface area contributed by atoms with E-state index >= 15 is 0 Å². The maximum Gasteiger partial charge on any atom is 0.105 e. The maximum absolute atomic E-state index is 5.99. The van der Waals surface area contributed by atoms with Crippen molar-refractivity contribution < 1.29 is 4.74 Å². The molecule has 0 bridgehead atoms. The van der Waals surface area contributed by atoms with Gasteiger partial charge in [-0.25, -0.2) is 4.98 Å². The molecule has 1 fully saturated rings. The Balaban J connectivity index is 2.07. The number of nitrogens with two attached hydrogens (primary N) is 1. The van der Waals surface area contributed by atoms with Crippen LogP contribution in [0.15, 0.2) is 6.20 Å². The Morgan fingerprint density at radius 3 is 2.94 bits per heavy atom. The van der Waals surface area contributed by atoms with Crippen molar-refractivity contribution in [3.8, 4) is 0 Å². The van der Waals surface area contributed by atoms with Gasteiger partial charge in [-0.05, 0) is 33.6 Å². The number of hydrogen-bond acceptors (Lipinski definition) is 3. The molecule has 0 aromatic carbocycles. The van der Waals surface area contributed by atoms with Crippen LogP contribution in [0.25, 0.3) is 0 Å². The first-order chi connectivity index (χ1) is 7.52. The smallest absolute Gasteiger partial charge is 0.105 e. The molecule has 1 saturated heterocycles. The van der Waals surface area contributed by atoms with E-state index in [1.165, 1.54) is 0 Å². The highest BCUT2D eigenvalue weighted by Crippen LogP contribution is 2.30. The monoisotopic (exact) mass is 223 g/mol. The highest BCUT2D eigenvalue weighted by molar-refractivity contribution is 5.04. The second-order valence-electron chi connectivity index (χ2n) is 5.15. The summed E-state index contributed by atoms with van der Waals surface area (Å²) in [5.74, 6) is 1.02. The second kappa shape index (κ2) is 4.18. The zero-order valence-corrected chi connectivity index (χ0v) is 10.4. The Kier molecular flexibility index (Phi) is 3.04. The molecular weight excluding hydrogens is 202 g/mol. The van der Waals surface area contributed by atoms with E-state index in [0.717, 1.165) is 30.9 Å². The van der Waals surface area contributed by atoms with Gasteiger partial charge >= 0.3 is 0 Å². The van der Waals surface area contributed by atoms with Gasteiger partial charge in [0.25, 0.3) is 0 Å². The first-order valence-corrected chi connectivity index (χ1v) is 5.91. The standard InChI is InChI=1S/C12H21N3O/c1-9-14-7-10(6-13)15(9)8-11-4-5-12(2,3)16-11/h7,11H,4-6,8,13H2,1-3H3. The van der Waals surface area contributed by atoms with E-state index in [9.17, 15) is 0 Å². The molecule has 2 N–H and O–H groups in total. The summed E-state index contributed by atoms with van der Waals surface area (Å²) in [4.78, 5) is 4.29. The highest BCUT2D eigenvalue weighted by atomic mass is 16.5. The molecule has 0 radical (unpaired) electrons. The molecule has 1 aliphatic heterocycles. The SMILES string of the molecule is Cc1ncc(CN)n1CC1CCC(C)(C)O1. The quantitative estimate of drug-likeness (QED) is 0.847. The average Bonchev–Trinajstić information content (AvgIpc) is 2.72. The van der Waals surface area contributed by atoms with Crippen LogP contribution in [0.5, 0.6) is 0 Å². The molecule has 2 rings (SSSR count). The number of nitrogens with zero attached hydrogens (tertiary/aromatic N) is 2. The fraction of sp³-hybridized carbons (Fsp3) is 0.750. The molecule has 90 valence electrons. The van der Waals surface area contributed by atoms with E-state index in [4.69, 9.17) is 10.5 Å². The highest BCUT2D eigenvalue weighted by Gasteiger charge is 2.32. The van der Waals surface area contributed by atoms with Crippen LogP contribution in [0.4, 0.5) is 0 Å². The van der Waals surface area contributed by atoms with Gasteiger partial charge in [0.2, 0.25) is 0 Å². The predicted octanol–water partition coefficient (Wildman–Crippen LogP) is 1.61. The molecule has 16 heavy (non-hydrogen) atoms. The first kappa shape index (κ1) is 11.6. The van der Waals surface area contributed by atoms with Gasteiger partial charge in [-0.2, -0.15) is 0 Å². The number of imidazole rings is 1. The predicted molar refractivity (Wildman–Crippen MR) is 63.0 cm³/mol. The van der Waals surface area contributed by atoms with Gasteiger partial charge in [-0.3, -0.25) is 0 Å². The molecule has 1 aliphatic rings. The Morgan fingerprint density at radius 2 is 2.38 bits per heavy atom. The van der Waals surface area contributed by atoms with Crippen molar-refractivity contribution in [1.82, 2.24) is 9.55 Å². The molecule has 0 saturated carbocycles. The molecule has 1 atom stereocenters. The summed E-state index contributed by atoms with van der Waals surface area (Å²) in [5.41, 5.74) is 6.81. The zero-order chi connectivity index (χ0) is 11.8. The van der Waals surface area contributed by atoms with Crippen LogP contribution in [-0.4, -0.2) is 21.3 Å². The third kappa shape index (κ3) is 2.28. The van der Waals surface area contributed by atoms with Crippen LogP contribution < -0.4 is 5.73 Å². The van der Waals surface area contributed by atoms with E-state index in [-0.39, 0.29) is 5.60 Å². The lowest BCUT2D eigenvalue weighted by Gasteiger charge is -2.20. The zero-order valence-electron chi connectivity index (χ0n) is 10.4. The number of rotatable bonds is 3. The lowest BCUT2D eigenvalue weighted by atomic mass is 10.1. The number of aromatic nitrogens is 2. The summed E-state index contributed by atoms with van der Waals surface area (Å²) in [6, 6.07) is 0. The fourth-order valence-corrected chi connectivity index (χ4v) is 2.34. The van der Waals surface area contributed by atoms with Crippen molar-refractivity contribution in [1.29, 1.82) is 0 Å². The maximum atomic E-state index is 5.99. The number of hydrogen-bond donors (Lipinski definition) is 1. The minimum Gasteiger partial charge on any atom is -0.370 e. The van der Waals surface area contributed by atoms with E-state index in [1.807, 2.05) is 13.1 Å². The Bertz CT molecular complexity index is 370. The van der Waals surface area contributed by atoms with Gasteiger partial charge in [0.15, 0.2) is 0 Å². The third-order valence-corrected chi connectivity index (χ3v) is 3.29. The minimum absolute atomic E-state index is 0.0298. The van der Waals surface area contributed by atoms with Crippen LogP contribution >= 0.6 is 0 Å². The van der Waals surface area contributed by atoms with E-state index in [0.29, 0.717) is 12.6 Å². The number of aryl methyl sites for hydroxylation is 1. The van der Waals surface area contributed by atoms with Gasteiger partial charge < -0.3 is 15.0 Å². The van der Waals surface area contributed by atoms with E-state index < -0.39 is 0 Å². The van der Waals surface area contributed by atoms with Crippen LogP contribution in [0.2, 0.25) is 0 Å². The summed E-state index contributed by atoms with van der Waals surface area (Å²) < 4.78 is 8.16. The minimum atomic E-state index is 0.0298. The van der Waals surface area contributed by atoms with Gasteiger partial charge in [-0.1, -0.05) is 0 Å². The largest absolute Gasteiger partial charge is 0.370 e. The molecule has 2 heterocycles. The van der Waals surface area contributed by atoms with Crippen molar-refractivity contribution in [3.05, 3.63) is 17.7 Å². The average molecular weight is 223 g/mol. The molecule has 0 spiro atoms. The molecule has 0 aliphatic carbocycles. The molecule has 0 amide bonds.